The van der Waals surface area contributed by atoms with Gasteiger partial charge in [-0.15, -0.1) is 11.8 Å². The van der Waals surface area contributed by atoms with Gasteiger partial charge in [0, 0.05) is 24.4 Å². The van der Waals surface area contributed by atoms with E-state index in [0.29, 0.717) is 17.8 Å². The second-order valence-electron chi connectivity index (χ2n) is 7.25. The quantitative estimate of drug-likeness (QED) is 0.503. The van der Waals surface area contributed by atoms with E-state index in [4.69, 9.17) is 5.73 Å². The predicted octanol–water partition coefficient (Wildman–Crippen LogP) is 5.04. The summed E-state index contributed by atoms with van der Waals surface area (Å²) in [5, 5.41) is 3.96. The van der Waals surface area contributed by atoms with Crippen molar-refractivity contribution in [1.29, 1.82) is 0 Å². The Morgan fingerprint density at radius 1 is 0.750 bits per heavy atom. The molecule has 0 fully saturated rings. The maximum absolute atomic E-state index is 5.79. The van der Waals surface area contributed by atoms with Crippen LogP contribution >= 0.6 is 11.8 Å². The van der Waals surface area contributed by atoms with E-state index in [1.165, 1.54) is 16.7 Å². The zero-order chi connectivity index (χ0) is 19.8. The van der Waals surface area contributed by atoms with E-state index < -0.39 is 0 Å². The first-order valence-corrected chi connectivity index (χ1v) is 10.8. The Kier molecular flexibility index (Phi) is 7.32. The van der Waals surface area contributed by atoms with Crippen LogP contribution in [0.5, 0.6) is 0 Å². The van der Waals surface area contributed by atoms with Gasteiger partial charge in [-0.2, -0.15) is 0 Å². The molecule has 0 spiro atoms. The van der Waals surface area contributed by atoms with Gasteiger partial charge in [0.15, 0.2) is 0 Å². The summed E-state index contributed by atoms with van der Waals surface area (Å²) in [5.74, 6) is 0. The molecule has 3 rings (SSSR count). The van der Waals surface area contributed by atoms with Crippen LogP contribution in [0.1, 0.15) is 30.5 Å². The fourth-order valence-electron chi connectivity index (χ4n) is 3.52. The van der Waals surface area contributed by atoms with Crippen molar-refractivity contribution in [3.8, 4) is 0 Å². The smallest absolute Gasteiger partial charge is 0.0910 e. The van der Waals surface area contributed by atoms with Gasteiger partial charge in [-0.05, 0) is 23.6 Å². The number of nitrogens with one attached hydrogen (secondary N) is 1. The highest BCUT2D eigenvalue weighted by Gasteiger charge is 2.38. The summed E-state index contributed by atoms with van der Waals surface area (Å²) in [6.07, 6.45) is 0. The molecule has 0 aliphatic rings. The number of hydrogen-bond donors (Lipinski definition) is 2. The Labute approximate surface area is 173 Å². The van der Waals surface area contributed by atoms with E-state index in [0.717, 1.165) is 6.54 Å². The van der Waals surface area contributed by atoms with Crippen LogP contribution in [0.4, 0.5) is 0 Å². The van der Waals surface area contributed by atoms with Crippen molar-refractivity contribution in [2.75, 3.05) is 13.1 Å². The van der Waals surface area contributed by atoms with Gasteiger partial charge >= 0.3 is 0 Å². The van der Waals surface area contributed by atoms with Crippen LogP contribution in [0, 0.1) is 0 Å². The second-order valence-corrected chi connectivity index (χ2v) is 8.91. The molecule has 0 heterocycles. The molecule has 3 aromatic carbocycles. The van der Waals surface area contributed by atoms with Crippen molar-refractivity contribution in [2.24, 2.45) is 5.73 Å². The lowest BCUT2D eigenvalue weighted by molar-refractivity contribution is 0.557. The van der Waals surface area contributed by atoms with Gasteiger partial charge in [-0.25, -0.2) is 0 Å². The first-order valence-electron chi connectivity index (χ1n) is 9.94. The van der Waals surface area contributed by atoms with Crippen molar-refractivity contribution >= 4 is 11.8 Å². The van der Waals surface area contributed by atoms with Crippen molar-refractivity contribution < 1.29 is 0 Å². The highest BCUT2D eigenvalue weighted by Crippen LogP contribution is 2.49. The minimum absolute atomic E-state index is 0.267. The normalized spacial score (nSPS) is 13.8. The summed E-state index contributed by atoms with van der Waals surface area (Å²) in [6.45, 7) is 6.00. The van der Waals surface area contributed by atoms with Crippen molar-refractivity contribution in [2.45, 2.75) is 29.9 Å². The van der Waals surface area contributed by atoms with Gasteiger partial charge in [0.05, 0.1) is 4.75 Å². The van der Waals surface area contributed by atoms with E-state index >= 15 is 0 Å². The molecule has 2 nitrogen and oxygen atoms in total. The Bertz CT molecular complexity index is 724. The first kappa shape index (κ1) is 20.7. The third-order valence-corrected chi connectivity index (χ3v) is 6.66. The average Bonchev–Trinajstić information content (AvgIpc) is 2.77. The van der Waals surface area contributed by atoms with Gasteiger partial charge in [-0.3, -0.25) is 0 Å². The molecule has 3 N–H and O–H groups in total. The van der Waals surface area contributed by atoms with Crippen LogP contribution < -0.4 is 11.1 Å². The molecule has 0 aliphatic heterocycles. The zero-order valence-electron chi connectivity index (χ0n) is 16.7. The van der Waals surface area contributed by atoms with Gasteiger partial charge in [0.25, 0.3) is 0 Å². The molecule has 0 saturated heterocycles. The van der Waals surface area contributed by atoms with Crippen LogP contribution in [0.15, 0.2) is 91.0 Å². The molecule has 0 aliphatic carbocycles. The molecule has 0 radical (unpaired) electrons. The van der Waals surface area contributed by atoms with Gasteiger partial charge < -0.3 is 11.1 Å². The number of rotatable bonds is 9. The SMILES string of the molecule is CC(CN)NCC(C)SC(c1ccccc1)(c1ccccc1)c1ccccc1. The number of benzene rings is 3. The Hall–Kier alpha value is -2.07. The molecular formula is C25H30N2S. The fourth-order valence-corrected chi connectivity index (χ4v) is 5.12. The summed E-state index contributed by atoms with van der Waals surface area (Å²) >= 11 is 2.00. The van der Waals surface area contributed by atoms with Gasteiger partial charge in [-0.1, -0.05) is 97.9 Å². The molecule has 0 bridgehead atoms. The summed E-state index contributed by atoms with van der Waals surface area (Å²) < 4.78 is -0.267. The van der Waals surface area contributed by atoms with Crippen LogP contribution in [-0.2, 0) is 4.75 Å². The van der Waals surface area contributed by atoms with E-state index in [-0.39, 0.29) is 4.75 Å². The number of hydrogen-bond acceptors (Lipinski definition) is 3. The Balaban J connectivity index is 2.09. The minimum Gasteiger partial charge on any atom is -0.329 e. The molecule has 2 atom stereocenters. The third-order valence-electron chi connectivity index (χ3n) is 5.03. The van der Waals surface area contributed by atoms with Crippen LogP contribution in [0.2, 0.25) is 0 Å². The largest absolute Gasteiger partial charge is 0.329 e. The summed E-state index contributed by atoms with van der Waals surface area (Å²) in [5.41, 5.74) is 9.70. The van der Waals surface area contributed by atoms with Gasteiger partial charge in [0.1, 0.15) is 0 Å². The standard InChI is InChI=1S/C25H30N2S/c1-20(18-26)27-19-21(2)28-25(22-12-6-3-7-13-22,23-14-8-4-9-15-23)24-16-10-5-11-17-24/h3-17,20-21,27H,18-19,26H2,1-2H3. The number of nitrogens with two attached hydrogens (primary N) is 1. The van der Waals surface area contributed by atoms with Crippen molar-refractivity contribution in [1.82, 2.24) is 5.32 Å². The fraction of sp³-hybridized carbons (Fsp3) is 0.280. The van der Waals surface area contributed by atoms with Crippen LogP contribution in [0.25, 0.3) is 0 Å². The molecule has 0 amide bonds. The van der Waals surface area contributed by atoms with Crippen LogP contribution in [-0.4, -0.2) is 24.4 Å². The third kappa shape index (κ3) is 4.67. The van der Waals surface area contributed by atoms with E-state index in [1.54, 1.807) is 0 Å². The first-order chi connectivity index (χ1) is 13.7. The molecule has 3 aromatic rings. The van der Waals surface area contributed by atoms with Crippen molar-refractivity contribution in [3.05, 3.63) is 108 Å². The molecule has 146 valence electrons. The lowest BCUT2D eigenvalue weighted by Gasteiger charge is -2.37. The highest BCUT2D eigenvalue weighted by atomic mass is 32.2. The maximum Gasteiger partial charge on any atom is 0.0910 e. The Morgan fingerprint density at radius 2 is 1.14 bits per heavy atom. The lowest BCUT2D eigenvalue weighted by atomic mass is 9.84. The summed E-state index contributed by atoms with van der Waals surface area (Å²) in [7, 11) is 0. The molecule has 28 heavy (non-hydrogen) atoms. The van der Waals surface area contributed by atoms with E-state index in [1.807, 2.05) is 11.8 Å². The molecule has 3 heteroatoms. The molecule has 2 unspecified atom stereocenters. The summed E-state index contributed by atoms with van der Waals surface area (Å²) in [4.78, 5) is 0. The summed E-state index contributed by atoms with van der Waals surface area (Å²) in [6, 6.07) is 32.9. The van der Waals surface area contributed by atoms with Crippen LogP contribution in [0.3, 0.4) is 0 Å². The molecule has 0 aromatic heterocycles. The van der Waals surface area contributed by atoms with E-state index in [2.05, 4.69) is 110 Å². The Morgan fingerprint density at radius 3 is 1.50 bits per heavy atom. The molecular weight excluding hydrogens is 360 g/mol. The minimum atomic E-state index is -0.267. The van der Waals surface area contributed by atoms with E-state index in [9.17, 15) is 0 Å². The second kappa shape index (κ2) is 9.92. The highest BCUT2D eigenvalue weighted by molar-refractivity contribution is 8.01. The maximum atomic E-state index is 5.79. The predicted molar refractivity (Wildman–Crippen MR) is 123 cm³/mol. The number of thioether (sulfide) groups is 1. The van der Waals surface area contributed by atoms with Gasteiger partial charge in [0.2, 0.25) is 0 Å². The monoisotopic (exact) mass is 390 g/mol. The van der Waals surface area contributed by atoms with Crippen molar-refractivity contribution in [3.63, 3.8) is 0 Å². The molecule has 0 saturated carbocycles. The topological polar surface area (TPSA) is 38.0 Å². The zero-order valence-corrected chi connectivity index (χ0v) is 17.5. The lowest BCUT2D eigenvalue weighted by Crippen LogP contribution is -2.38. The average molecular weight is 391 g/mol.